The quantitative estimate of drug-likeness (QED) is 0.507. The summed E-state index contributed by atoms with van der Waals surface area (Å²) in [6.45, 7) is 1.91. The second-order valence-electron chi connectivity index (χ2n) is 7.99. The van der Waals surface area contributed by atoms with Gasteiger partial charge in [-0.15, -0.1) is 5.10 Å². The molecule has 1 aliphatic carbocycles. The number of nitrogens with one attached hydrogen (secondary N) is 2. The van der Waals surface area contributed by atoms with Gasteiger partial charge < -0.3 is 15.4 Å². The van der Waals surface area contributed by atoms with Crippen LogP contribution < -0.4 is 5.32 Å². The van der Waals surface area contributed by atoms with Gasteiger partial charge in [-0.1, -0.05) is 11.3 Å². The van der Waals surface area contributed by atoms with Crippen LogP contribution in [0.3, 0.4) is 0 Å². The Hall–Kier alpha value is -3.00. The summed E-state index contributed by atoms with van der Waals surface area (Å²) in [5.41, 5.74) is 4.25. The van der Waals surface area contributed by atoms with Gasteiger partial charge in [0.15, 0.2) is 0 Å². The minimum Gasteiger partial charge on any atom is -0.390 e. The van der Waals surface area contributed by atoms with Crippen LogP contribution in [0.1, 0.15) is 32.6 Å². The summed E-state index contributed by atoms with van der Waals surface area (Å²) in [5.74, 6) is 0.624. The van der Waals surface area contributed by atoms with Crippen molar-refractivity contribution in [3.63, 3.8) is 0 Å². The van der Waals surface area contributed by atoms with E-state index in [-0.39, 0.29) is 0 Å². The smallest absolute Gasteiger partial charge is 0.224 e. The lowest BCUT2D eigenvalue weighted by molar-refractivity contribution is 0.0196. The van der Waals surface area contributed by atoms with Gasteiger partial charge in [-0.25, -0.2) is 9.67 Å². The van der Waals surface area contributed by atoms with Gasteiger partial charge in [0.25, 0.3) is 0 Å². The SMILES string of the molecule is Cn1nnc2ccc(-c3c[nH]c4nc(N[C@H]5CC[C@@](C)(O)CC5)ncc34)cc21. The molecule has 0 bridgehead atoms. The topological polar surface area (TPSA) is 105 Å². The van der Waals surface area contributed by atoms with Crippen LogP contribution in [0.25, 0.3) is 33.2 Å². The number of aryl methyl sites for hydroxylation is 1. The third-order valence-corrected chi connectivity index (χ3v) is 5.75. The van der Waals surface area contributed by atoms with Crippen LogP contribution in [0.15, 0.2) is 30.6 Å². The number of benzene rings is 1. The number of aliphatic hydroxyl groups is 1. The molecule has 0 spiro atoms. The van der Waals surface area contributed by atoms with Gasteiger partial charge >= 0.3 is 0 Å². The summed E-state index contributed by atoms with van der Waals surface area (Å²) < 4.78 is 1.77. The molecule has 1 fully saturated rings. The first-order chi connectivity index (χ1) is 13.5. The lowest BCUT2D eigenvalue weighted by Crippen LogP contribution is -2.36. The summed E-state index contributed by atoms with van der Waals surface area (Å²) in [6.07, 6.45) is 7.26. The first kappa shape index (κ1) is 17.1. The van der Waals surface area contributed by atoms with E-state index in [2.05, 4.69) is 36.6 Å². The van der Waals surface area contributed by atoms with Crippen molar-refractivity contribution in [2.24, 2.45) is 7.05 Å². The predicted molar refractivity (Wildman–Crippen MR) is 108 cm³/mol. The van der Waals surface area contributed by atoms with Crippen molar-refractivity contribution >= 4 is 28.0 Å². The molecule has 3 heterocycles. The Morgan fingerprint density at radius 1 is 1.29 bits per heavy atom. The number of nitrogens with zero attached hydrogens (tertiary/aromatic N) is 5. The van der Waals surface area contributed by atoms with Crippen molar-refractivity contribution in [3.05, 3.63) is 30.6 Å². The van der Waals surface area contributed by atoms with Crippen LogP contribution in [0.4, 0.5) is 5.95 Å². The predicted octanol–water partition coefficient (Wildman–Crippen LogP) is 3.01. The Kier molecular flexibility index (Phi) is 3.83. The average molecular weight is 377 g/mol. The monoisotopic (exact) mass is 377 g/mol. The van der Waals surface area contributed by atoms with Crippen molar-refractivity contribution in [1.29, 1.82) is 0 Å². The van der Waals surface area contributed by atoms with Gasteiger partial charge in [0.05, 0.1) is 11.1 Å². The van der Waals surface area contributed by atoms with E-state index in [1.54, 1.807) is 4.68 Å². The van der Waals surface area contributed by atoms with Gasteiger partial charge in [0.2, 0.25) is 5.95 Å². The van der Waals surface area contributed by atoms with E-state index in [1.807, 2.05) is 38.5 Å². The van der Waals surface area contributed by atoms with E-state index >= 15 is 0 Å². The summed E-state index contributed by atoms with van der Waals surface area (Å²) in [4.78, 5) is 12.4. The Balaban J connectivity index is 1.42. The molecule has 1 aliphatic rings. The highest BCUT2D eigenvalue weighted by Crippen LogP contribution is 2.31. The summed E-state index contributed by atoms with van der Waals surface area (Å²) in [5, 5.41) is 22.7. The molecule has 5 rings (SSSR count). The number of H-pyrrole nitrogens is 1. The van der Waals surface area contributed by atoms with E-state index in [0.717, 1.165) is 58.9 Å². The largest absolute Gasteiger partial charge is 0.390 e. The van der Waals surface area contributed by atoms with E-state index in [0.29, 0.717) is 12.0 Å². The summed E-state index contributed by atoms with van der Waals surface area (Å²) in [7, 11) is 1.89. The molecular formula is C20H23N7O. The Labute approximate surface area is 162 Å². The van der Waals surface area contributed by atoms with Gasteiger partial charge in [-0.3, -0.25) is 0 Å². The molecule has 0 saturated heterocycles. The van der Waals surface area contributed by atoms with Crippen LogP contribution in [-0.4, -0.2) is 46.7 Å². The molecule has 8 nitrogen and oxygen atoms in total. The zero-order chi connectivity index (χ0) is 19.3. The van der Waals surface area contributed by atoms with Crippen LogP contribution in [-0.2, 0) is 7.05 Å². The summed E-state index contributed by atoms with van der Waals surface area (Å²) in [6, 6.07) is 6.40. The first-order valence-corrected chi connectivity index (χ1v) is 9.61. The van der Waals surface area contributed by atoms with Gasteiger partial charge in [-0.2, -0.15) is 4.98 Å². The minimum absolute atomic E-state index is 0.298. The van der Waals surface area contributed by atoms with E-state index < -0.39 is 5.60 Å². The highest BCUT2D eigenvalue weighted by atomic mass is 16.3. The normalized spacial score (nSPS) is 22.8. The van der Waals surface area contributed by atoms with Gasteiger partial charge in [-0.05, 0) is 50.3 Å². The molecule has 3 N–H and O–H groups in total. The molecule has 4 aromatic rings. The molecule has 1 aromatic carbocycles. The Bertz CT molecular complexity index is 1150. The molecule has 28 heavy (non-hydrogen) atoms. The number of aromatic nitrogens is 6. The Morgan fingerprint density at radius 2 is 2.11 bits per heavy atom. The lowest BCUT2D eigenvalue weighted by atomic mass is 9.84. The fraction of sp³-hybridized carbons (Fsp3) is 0.400. The lowest BCUT2D eigenvalue weighted by Gasteiger charge is -2.33. The molecule has 3 aromatic heterocycles. The second-order valence-corrected chi connectivity index (χ2v) is 7.99. The molecular weight excluding hydrogens is 354 g/mol. The third-order valence-electron chi connectivity index (χ3n) is 5.75. The third kappa shape index (κ3) is 2.99. The van der Waals surface area contributed by atoms with Crippen molar-refractivity contribution in [2.45, 2.75) is 44.2 Å². The molecule has 144 valence electrons. The number of hydrogen-bond acceptors (Lipinski definition) is 6. The van der Waals surface area contributed by atoms with E-state index in [4.69, 9.17) is 0 Å². The van der Waals surface area contributed by atoms with Crippen LogP contribution >= 0.6 is 0 Å². The Morgan fingerprint density at radius 3 is 2.93 bits per heavy atom. The standard InChI is InChI=1S/C20H23N7O/c1-20(28)7-5-13(6-8-20)23-19-22-11-15-14(10-21-18(15)24-19)12-3-4-16-17(9-12)27(2)26-25-16/h3-4,9-11,13,28H,5-8H2,1-2H3,(H2,21,22,23,24)/t13-,20+. The maximum atomic E-state index is 10.1. The van der Waals surface area contributed by atoms with Crippen molar-refractivity contribution < 1.29 is 5.11 Å². The fourth-order valence-corrected chi connectivity index (χ4v) is 3.98. The van der Waals surface area contributed by atoms with Crippen LogP contribution in [0, 0.1) is 0 Å². The highest BCUT2D eigenvalue weighted by Gasteiger charge is 2.28. The molecule has 0 atom stereocenters. The molecule has 8 heteroatoms. The number of hydrogen-bond donors (Lipinski definition) is 3. The average Bonchev–Trinajstić information content (AvgIpc) is 3.27. The molecule has 0 radical (unpaired) electrons. The van der Waals surface area contributed by atoms with Crippen molar-refractivity contribution in [2.75, 3.05) is 5.32 Å². The van der Waals surface area contributed by atoms with Crippen molar-refractivity contribution in [1.82, 2.24) is 29.9 Å². The van der Waals surface area contributed by atoms with Crippen molar-refractivity contribution in [3.8, 4) is 11.1 Å². The fourth-order valence-electron chi connectivity index (χ4n) is 3.98. The van der Waals surface area contributed by atoms with Crippen LogP contribution in [0.2, 0.25) is 0 Å². The van der Waals surface area contributed by atoms with Gasteiger partial charge in [0, 0.05) is 36.4 Å². The summed E-state index contributed by atoms with van der Waals surface area (Å²) >= 11 is 0. The van der Waals surface area contributed by atoms with Crippen LogP contribution in [0.5, 0.6) is 0 Å². The maximum absolute atomic E-state index is 10.1. The number of rotatable bonds is 3. The zero-order valence-corrected chi connectivity index (χ0v) is 16.0. The van der Waals surface area contributed by atoms with E-state index in [1.165, 1.54) is 0 Å². The number of fused-ring (bicyclic) bond motifs is 2. The molecule has 1 saturated carbocycles. The highest BCUT2D eigenvalue weighted by molar-refractivity contribution is 5.95. The maximum Gasteiger partial charge on any atom is 0.224 e. The minimum atomic E-state index is -0.540. The first-order valence-electron chi connectivity index (χ1n) is 9.61. The van der Waals surface area contributed by atoms with Gasteiger partial charge in [0.1, 0.15) is 11.2 Å². The zero-order valence-electron chi connectivity index (χ0n) is 16.0. The van der Waals surface area contributed by atoms with E-state index in [9.17, 15) is 5.11 Å². The number of aromatic amines is 1. The molecule has 0 aliphatic heterocycles. The molecule has 0 unspecified atom stereocenters. The second kappa shape index (κ2) is 6.27. The number of anilines is 1. The molecule has 0 amide bonds.